The molecule has 2 heteroatoms. The lowest BCUT2D eigenvalue weighted by atomic mass is 9.96. The maximum atomic E-state index is 11.4. The molecular formula is C15H24O2. The molecule has 0 saturated heterocycles. The first-order valence-corrected chi connectivity index (χ1v) is 7.09. The zero-order valence-electron chi connectivity index (χ0n) is 10.8. The largest absolute Gasteiger partial charge is 0.393 e. The Morgan fingerprint density at radius 3 is 3.06 bits per heavy atom. The highest BCUT2D eigenvalue weighted by atomic mass is 16.3. The number of aliphatic hydroxyl groups excluding tert-OH is 1. The Morgan fingerprint density at radius 1 is 1.47 bits per heavy atom. The Hall–Kier alpha value is -0.630. The van der Waals surface area contributed by atoms with Gasteiger partial charge in [-0.1, -0.05) is 18.6 Å². The quantitative estimate of drug-likeness (QED) is 0.587. The van der Waals surface area contributed by atoms with E-state index in [2.05, 4.69) is 6.08 Å². The van der Waals surface area contributed by atoms with Gasteiger partial charge in [-0.2, -0.15) is 0 Å². The third-order valence-electron chi connectivity index (χ3n) is 4.41. The summed E-state index contributed by atoms with van der Waals surface area (Å²) >= 11 is 0. The molecule has 3 unspecified atom stereocenters. The summed E-state index contributed by atoms with van der Waals surface area (Å²) in [4.78, 5) is 11.4. The van der Waals surface area contributed by atoms with Gasteiger partial charge in [0.05, 0.1) is 6.10 Å². The van der Waals surface area contributed by atoms with E-state index < -0.39 is 0 Å². The van der Waals surface area contributed by atoms with Gasteiger partial charge in [0.15, 0.2) is 0 Å². The Bertz CT molecular complexity index is 306. The van der Waals surface area contributed by atoms with Crippen LogP contribution in [0.2, 0.25) is 0 Å². The SMILES string of the molecule is CCC(O)CCCC=C1CCC2CC(=O)CC12. The van der Waals surface area contributed by atoms with Crippen LogP contribution < -0.4 is 0 Å². The van der Waals surface area contributed by atoms with E-state index in [9.17, 15) is 9.90 Å². The fraction of sp³-hybridized carbons (Fsp3) is 0.800. The number of allylic oxidation sites excluding steroid dienone is 2. The molecule has 0 aromatic heterocycles. The summed E-state index contributed by atoms with van der Waals surface area (Å²) in [6.07, 6.45) is 10.2. The average molecular weight is 236 g/mol. The van der Waals surface area contributed by atoms with Gasteiger partial charge in [0, 0.05) is 12.8 Å². The second-order valence-corrected chi connectivity index (χ2v) is 5.62. The summed E-state index contributed by atoms with van der Waals surface area (Å²) in [6, 6.07) is 0. The number of fused-ring (bicyclic) bond motifs is 1. The van der Waals surface area contributed by atoms with E-state index in [-0.39, 0.29) is 6.10 Å². The lowest BCUT2D eigenvalue weighted by Gasteiger charge is -2.09. The molecular weight excluding hydrogens is 212 g/mol. The summed E-state index contributed by atoms with van der Waals surface area (Å²) in [6.45, 7) is 2.02. The zero-order valence-corrected chi connectivity index (χ0v) is 10.8. The smallest absolute Gasteiger partial charge is 0.133 e. The van der Waals surface area contributed by atoms with Crippen LogP contribution in [-0.2, 0) is 4.79 Å². The van der Waals surface area contributed by atoms with Crippen LogP contribution in [0.15, 0.2) is 11.6 Å². The number of carbonyl (C=O) groups is 1. The molecule has 2 aliphatic carbocycles. The van der Waals surface area contributed by atoms with Crippen LogP contribution in [0.3, 0.4) is 0 Å². The molecule has 2 nitrogen and oxygen atoms in total. The molecule has 3 atom stereocenters. The molecule has 17 heavy (non-hydrogen) atoms. The van der Waals surface area contributed by atoms with Gasteiger partial charge in [-0.05, 0) is 50.4 Å². The molecule has 2 aliphatic rings. The van der Waals surface area contributed by atoms with Crippen LogP contribution >= 0.6 is 0 Å². The molecule has 0 aromatic carbocycles. The predicted molar refractivity (Wildman–Crippen MR) is 68.7 cm³/mol. The molecule has 0 bridgehead atoms. The van der Waals surface area contributed by atoms with Gasteiger partial charge in [-0.25, -0.2) is 0 Å². The van der Waals surface area contributed by atoms with Gasteiger partial charge >= 0.3 is 0 Å². The molecule has 1 N–H and O–H groups in total. The van der Waals surface area contributed by atoms with Crippen molar-refractivity contribution >= 4 is 5.78 Å². The Morgan fingerprint density at radius 2 is 2.29 bits per heavy atom. The standard InChI is InChI=1S/C15H24O2/c1-2-13(16)6-4-3-5-11-7-8-12-9-14(17)10-15(11)12/h5,12-13,15-16H,2-4,6-10H2,1H3. The molecule has 0 heterocycles. The fourth-order valence-electron chi connectivity index (χ4n) is 3.30. The van der Waals surface area contributed by atoms with E-state index in [0.717, 1.165) is 38.5 Å². The summed E-state index contributed by atoms with van der Waals surface area (Å²) in [5.74, 6) is 1.71. The molecule has 96 valence electrons. The topological polar surface area (TPSA) is 37.3 Å². The van der Waals surface area contributed by atoms with Crippen LogP contribution in [0.25, 0.3) is 0 Å². The van der Waals surface area contributed by atoms with Gasteiger partial charge in [0.2, 0.25) is 0 Å². The molecule has 0 radical (unpaired) electrons. The number of hydrogen-bond acceptors (Lipinski definition) is 2. The van der Waals surface area contributed by atoms with E-state index in [1.165, 1.54) is 18.4 Å². The number of Topliss-reactive ketones (excluding diaryl/α,β-unsaturated/α-hetero) is 1. The maximum Gasteiger partial charge on any atom is 0.133 e. The van der Waals surface area contributed by atoms with E-state index in [1.54, 1.807) is 0 Å². The minimum Gasteiger partial charge on any atom is -0.393 e. The molecule has 2 rings (SSSR count). The molecule has 2 saturated carbocycles. The number of rotatable bonds is 5. The highest BCUT2D eigenvalue weighted by molar-refractivity contribution is 5.82. The van der Waals surface area contributed by atoms with Crippen molar-refractivity contribution in [2.24, 2.45) is 11.8 Å². The van der Waals surface area contributed by atoms with E-state index >= 15 is 0 Å². The normalized spacial score (nSPS) is 32.1. The number of unbranched alkanes of at least 4 members (excludes halogenated alkanes) is 1. The minimum atomic E-state index is -0.127. The lowest BCUT2D eigenvalue weighted by molar-refractivity contribution is -0.117. The third-order valence-corrected chi connectivity index (χ3v) is 4.41. The first-order valence-electron chi connectivity index (χ1n) is 7.09. The van der Waals surface area contributed by atoms with Gasteiger partial charge in [-0.15, -0.1) is 0 Å². The van der Waals surface area contributed by atoms with Crippen molar-refractivity contribution < 1.29 is 9.90 Å². The van der Waals surface area contributed by atoms with Gasteiger partial charge in [-0.3, -0.25) is 4.79 Å². The van der Waals surface area contributed by atoms with Gasteiger partial charge < -0.3 is 5.11 Å². The van der Waals surface area contributed by atoms with Crippen LogP contribution in [0.4, 0.5) is 0 Å². The first kappa shape index (κ1) is 12.8. The number of ketones is 1. The zero-order chi connectivity index (χ0) is 12.3. The highest BCUT2D eigenvalue weighted by Crippen LogP contribution is 2.45. The number of hydrogen-bond donors (Lipinski definition) is 1. The van der Waals surface area contributed by atoms with E-state index in [4.69, 9.17) is 0 Å². The molecule has 0 spiro atoms. The summed E-state index contributed by atoms with van der Waals surface area (Å²) in [7, 11) is 0. The lowest BCUT2D eigenvalue weighted by Crippen LogP contribution is -2.03. The third kappa shape index (κ3) is 3.19. The van der Waals surface area contributed by atoms with Gasteiger partial charge in [0.25, 0.3) is 0 Å². The van der Waals surface area contributed by atoms with Crippen molar-refractivity contribution in [3.8, 4) is 0 Å². The Balaban J connectivity index is 1.76. The van der Waals surface area contributed by atoms with Crippen LogP contribution in [-0.4, -0.2) is 17.0 Å². The van der Waals surface area contributed by atoms with E-state index in [0.29, 0.717) is 17.6 Å². The summed E-state index contributed by atoms with van der Waals surface area (Å²) < 4.78 is 0. The van der Waals surface area contributed by atoms with Crippen molar-refractivity contribution in [2.75, 3.05) is 0 Å². The molecule has 0 aliphatic heterocycles. The fourth-order valence-corrected chi connectivity index (χ4v) is 3.30. The van der Waals surface area contributed by atoms with Crippen LogP contribution in [0, 0.1) is 11.8 Å². The van der Waals surface area contributed by atoms with Gasteiger partial charge in [0.1, 0.15) is 5.78 Å². The molecule has 0 amide bonds. The van der Waals surface area contributed by atoms with E-state index in [1.807, 2.05) is 6.92 Å². The average Bonchev–Trinajstić information content (AvgIpc) is 2.84. The maximum absolute atomic E-state index is 11.4. The van der Waals surface area contributed by atoms with Crippen molar-refractivity contribution in [3.63, 3.8) is 0 Å². The Labute approximate surface area is 104 Å². The second-order valence-electron chi connectivity index (χ2n) is 5.62. The van der Waals surface area contributed by atoms with Crippen molar-refractivity contribution in [2.45, 2.75) is 64.4 Å². The second kappa shape index (κ2) is 5.81. The molecule has 0 aromatic rings. The monoisotopic (exact) mass is 236 g/mol. The predicted octanol–water partition coefficient (Wildman–Crippen LogP) is 3.24. The van der Waals surface area contributed by atoms with Crippen molar-refractivity contribution in [3.05, 3.63) is 11.6 Å². The number of carbonyl (C=O) groups excluding carboxylic acids is 1. The Kier molecular flexibility index (Phi) is 4.38. The summed E-state index contributed by atoms with van der Waals surface area (Å²) in [5, 5.41) is 9.47. The summed E-state index contributed by atoms with van der Waals surface area (Å²) in [5.41, 5.74) is 1.53. The highest BCUT2D eigenvalue weighted by Gasteiger charge is 2.38. The minimum absolute atomic E-state index is 0.127. The van der Waals surface area contributed by atoms with Crippen LogP contribution in [0.5, 0.6) is 0 Å². The van der Waals surface area contributed by atoms with Crippen molar-refractivity contribution in [1.29, 1.82) is 0 Å². The first-order chi connectivity index (χ1) is 8.20. The molecule has 2 fully saturated rings. The van der Waals surface area contributed by atoms with Crippen LogP contribution in [0.1, 0.15) is 58.3 Å². The number of aliphatic hydroxyl groups is 1. The van der Waals surface area contributed by atoms with Crippen molar-refractivity contribution in [1.82, 2.24) is 0 Å².